The highest BCUT2D eigenvalue weighted by molar-refractivity contribution is 5.89. The van der Waals surface area contributed by atoms with E-state index in [1.165, 1.54) is 24.3 Å². The molecule has 0 aliphatic heterocycles. The summed E-state index contributed by atoms with van der Waals surface area (Å²) >= 11 is 0. The van der Waals surface area contributed by atoms with Crippen molar-refractivity contribution in [3.05, 3.63) is 65.7 Å². The molecular weight excluding hydrogens is 396 g/mol. The van der Waals surface area contributed by atoms with Crippen LogP contribution in [0.3, 0.4) is 0 Å². The Balaban J connectivity index is 1.88. The predicted molar refractivity (Wildman–Crippen MR) is 107 cm³/mol. The molecule has 0 saturated carbocycles. The van der Waals surface area contributed by atoms with Crippen molar-refractivity contribution in [3.63, 3.8) is 0 Å². The van der Waals surface area contributed by atoms with E-state index in [4.69, 9.17) is 9.47 Å². The Bertz CT molecular complexity index is 871. The van der Waals surface area contributed by atoms with Crippen LogP contribution >= 0.6 is 0 Å². The second-order valence-electron chi connectivity index (χ2n) is 6.16. The molecule has 1 atom stereocenters. The molecule has 2 rings (SSSR count). The van der Waals surface area contributed by atoms with Crippen molar-refractivity contribution in [2.75, 3.05) is 13.2 Å². The maximum absolute atomic E-state index is 12.4. The maximum atomic E-state index is 12.4. The SMILES string of the molecule is CCOc1cc(/C=C/C(=O)OCC(=O)N[C@H](C)c2ccccc2)ccc1OC(F)F. The number of amides is 1. The van der Waals surface area contributed by atoms with E-state index in [9.17, 15) is 18.4 Å². The summed E-state index contributed by atoms with van der Waals surface area (Å²) in [5.41, 5.74) is 1.45. The average Bonchev–Trinajstić information content (AvgIpc) is 2.72. The van der Waals surface area contributed by atoms with Gasteiger partial charge in [0.25, 0.3) is 5.91 Å². The summed E-state index contributed by atoms with van der Waals surface area (Å²) in [5, 5.41) is 2.74. The molecule has 0 radical (unpaired) electrons. The van der Waals surface area contributed by atoms with Crippen molar-refractivity contribution < 1.29 is 32.6 Å². The van der Waals surface area contributed by atoms with Gasteiger partial charge < -0.3 is 19.5 Å². The Kier molecular flexibility index (Phi) is 8.80. The van der Waals surface area contributed by atoms with E-state index in [1.807, 2.05) is 37.3 Å². The number of benzene rings is 2. The molecule has 0 aliphatic rings. The first-order chi connectivity index (χ1) is 14.4. The second kappa shape index (κ2) is 11.5. The van der Waals surface area contributed by atoms with Gasteiger partial charge in [-0.25, -0.2) is 4.79 Å². The molecule has 1 amide bonds. The zero-order valence-corrected chi connectivity index (χ0v) is 16.6. The number of hydrogen-bond acceptors (Lipinski definition) is 5. The van der Waals surface area contributed by atoms with Gasteiger partial charge in [-0.3, -0.25) is 4.79 Å². The van der Waals surface area contributed by atoms with E-state index >= 15 is 0 Å². The number of rotatable bonds is 10. The molecule has 1 N–H and O–H groups in total. The lowest BCUT2D eigenvalue weighted by Crippen LogP contribution is -2.30. The van der Waals surface area contributed by atoms with Crippen molar-refractivity contribution in [1.29, 1.82) is 0 Å². The minimum atomic E-state index is -2.98. The van der Waals surface area contributed by atoms with Crippen LogP contribution in [0, 0.1) is 0 Å². The third-order valence-corrected chi connectivity index (χ3v) is 3.92. The van der Waals surface area contributed by atoms with Crippen LogP contribution in [0.4, 0.5) is 8.78 Å². The lowest BCUT2D eigenvalue weighted by atomic mass is 10.1. The van der Waals surface area contributed by atoms with Crippen LogP contribution in [-0.2, 0) is 14.3 Å². The maximum Gasteiger partial charge on any atom is 0.387 e. The van der Waals surface area contributed by atoms with Gasteiger partial charge in [-0.05, 0) is 43.2 Å². The smallest absolute Gasteiger partial charge is 0.387 e. The van der Waals surface area contributed by atoms with E-state index in [0.29, 0.717) is 5.56 Å². The Morgan fingerprint density at radius 3 is 2.50 bits per heavy atom. The summed E-state index contributed by atoms with van der Waals surface area (Å²) in [5.74, 6) is -1.12. The van der Waals surface area contributed by atoms with Gasteiger partial charge in [-0.2, -0.15) is 8.78 Å². The fourth-order valence-electron chi connectivity index (χ4n) is 2.55. The molecule has 0 heterocycles. The van der Waals surface area contributed by atoms with E-state index in [2.05, 4.69) is 10.1 Å². The number of alkyl halides is 2. The van der Waals surface area contributed by atoms with Gasteiger partial charge >= 0.3 is 12.6 Å². The lowest BCUT2D eigenvalue weighted by Gasteiger charge is -2.14. The molecule has 2 aromatic carbocycles. The van der Waals surface area contributed by atoms with Crippen molar-refractivity contribution in [2.45, 2.75) is 26.5 Å². The molecule has 0 saturated heterocycles. The monoisotopic (exact) mass is 419 g/mol. The summed E-state index contributed by atoms with van der Waals surface area (Å²) < 4.78 is 39.5. The molecule has 0 fully saturated rings. The second-order valence-corrected chi connectivity index (χ2v) is 6.16. The van der Waals surface area contributed by atoms with Crippen molar-refractivity contribution >= 4 is 18.0 Å². The minimum absolute atomic E-state index is 0.101. The summed E-state index contributed by atoms with van der Waals surface area (Å²) in [6, 6.07) is 13.4. The van der Waals surface area contributed by atoms with Crippen LogP contribution in [0.15, 0.2) is 54.6 Å². The fraction of sp³-hybridized carbons (Fsp3) is 0.273. The van der Waals surface area contributed by atoms with Crippen molar-refractivity contribution in [2.24, 2.45) is 0 Å². The highest BCUT2D eigenvalue weighted by atomic mass is 19.3. The first-order valence-electron chi connectivity index (χ1n) is 9.29. The van der Waals surface area contributed by atoms with Crippen LogP contribution in [0.5, 0.6) is 11.5 Å². The summed E-state index contributed by atoms with van der Waals surface area (Å²) in [7, 11) is 0. The van der Waals surface area contributed by atoms with Crippen LogP contribution in [-0.4, -0.2) is 31.7 Å². The van der Waals surface area contributed by atoms with Crippen LogP contribution in [0.25, 0.3) is 6.08 Å². The third kappa shape index (κ3) is 7.54. The van der Waals surface area contributed by atoms with Gasteiger partial charge in [0.1, 0.15) is 0 Å². The predicted octanol–water partition coefficient (Wildman–Crippen LogP) is 4.12. The Morgan fingerprint density at radius 2 is 1.83 bits per heavy atom. The fourth-order valence-corrected chi connectivity index (χ4v) is 2.55. The van der Waals surface area contributed by atoms with E-state index < -0.39 is 25.1 Å². The minimum Gasteiger partial charge on any atom is -0.490 e. The summed E-state index contributed by atoms with van der Waals surface area (Å²) in [4.78, 5) is 23.8. The van der Waals surface area contributed by atoms with E-state index in [-0.39, 0.29) is 24.1 Å². The van der Waals surface area contributed by atoms with E-state index in [0.717, 1.165) is 11.6 Å². The number of hydrogen-bond donors (Lipinski definition) is 1. The number of carbonyl (C=O) groups excluding carboxylic acids is 2. The lowest BCUT2D eigenvalue weighted by molar-refractivity contribution is -0.144. The Labute approximate surface area is 173 Å². The quantitative estimate of drug-likeness (QED) is 0.463. The zero-order valence-electron chi connectivity index (χ0n) is 16.6. The molecule has 160 valence electrons. The molecule has 0 aliphatic carbocycles. The standard InChI is InChI=1S/C22H23F2NO5/c1-3-28-19-13-16(9-11-18(19)30-22(23)24)10-12-21(27)29-14-20(26)25-15(2)17-7-5-4-6-8-17/h4-13,15,22H,3,14H2,1-2H3,(H,25,26)/b12-10+/t15-/m1/s1. The zero-order chi connectivity index (χ0) is 21.9. The van der Waals surface area contributed by atoms with Gasteiger partial charge in [0.05, 0.1) is 12.6 Å². The van der Waals surface area contributed by atoms with Gasteiger partial charge in [0.15, 0.2) is 18.1 Å². The molecule has 0 bridgehead atoms. The average molecular weight is 419 g/mol. The first-order valence-corrected chi connectivity index (χ1v) is 9.29. The van der Waals surface area contributed by atoms with Crippen LogP contribution in [0.2, 0.25) is 0 Å². The number of nitrogens with one attached hydrogen (secondary N) is 1. The van der Waals surface area contributed by atoms with Gasteiger partial charge in [0.2, 0.25) is 0 Å². The molecule has 8 heteroatoms. The molecular formula is C22H23F2NO5. The highest BCUT2D eigenvalue weighted by Crippen LogP contribution is 2.30. The normalized spacial score (nSPS) is 11.9. The summed E-state index contributed by atoms with van der Waals surface area (Å²) in [6.45, 7) is 0.385. The number of esters is 1. The van der Waals surface area contributed by atoms with E-state index in [1.54, 1.807) is 6.92 Å². The third-order valence-electron chi connectivity index (χ3n) is 3.92. The molecule has 0 aromatic heterocycles. The van der Waals surface area contributed by atoms with Crippen molar-refractivity contribution in [1.82, 2.24) is 5.32 Å². The summed E-state index contributed by atoms with van der Waals surface area (Å²) in [6.07, 6.45) is 2.55. The van der Waals surface area contributed by atoms with Crippen LogP contribution in [0.1, 0.15) is 31.0 Å². The number of carbonyl (C=O) groups is 2. The molecule has 2 aromatic rings. The Morgan fingerprint density at radius 1 is 1.10 bits per heavy atom. The molecule has 0 spiro atoms. The van der Waals surface area contributed by atoms with Gasteiger partial charge in [-0.1, -0.05) is 36.4 Å². The van der Waals surface area contributed by atoms with Gasteiger partial charge in [0, 0.05) is 6.08 Å². The topological polar surface area (TPSA) is 73.9 Å². The van der Waals surface area contributed by atoms with Gasteiger partial charge in [-0.15, -0.1) is 0 Å². The molecule has 0 unspecified atom stereocenters. The first kappa shape index (κ1) is 22.9. The van der Waals surface area contributed by atoms with Crippen LogP contribution < -0.4 is 14.8 Å². The number of halogens is 2. The highest BCUT2D eigenvalue weighted by Gasteiger charge is 2.12. The molecule has 30 heavy (non-hydrogen) atoms. The largest absolute Gasteiger partial charge is 0.490 e. The Hall–Kier alpha value is -3.42. The molecule has 6 nitrogen and oxygen atoms in total. The van der Waals surface area contributed by atoms with Crippen molar-refractivity contribution in [3.8, 4) is 11.5 Å². The number of ether oxygens (including phenoxy) is 3.